The van der Waals surface area contributed by atoms with Gasteiger partial charge in [0.1, 0.15) is 0 Å². The second-order valence-corrected chi connectivity index (χ2v) is 5.69. The molecule has 1 aromatic rings. The van der Waals surface area contributed by atoms with Gasteiger partial charge in [-0.3, -0.25) is 4.90 Å². The Kier molecular flexibility index (Phi) is 3.40. The van der Waals surface area contributed by atoms with Crippen molar-refractivity contribution >= 4 is 0 Å². The number of nitrogens with zero attached hydrogens (tertiary/aromatic N) is 1. The van der Waals surface area contributed by atoms with Gasteiger partial charge in [0.05, 0.1) is 14.2 Å². The second kappa shape index (κ2) is 5.04. The molecule has 3 nitrogen and oxygen atoms in total. The molecule has 0 radical (unpaired) electrons. The van der Waals surface area contributed by atoms with E-state index in [1.807, 2.05) is 0 Å². The maximum Gasteiger partial charge on any atom is 0.161 e. The number of methoxy groups -OCH3 is 2. The van der Waals surface area contributed by atoms with E-state index in [2.05, 4.69) is 24.0 Å². The fourth-order valence-electron chi connectivity index (χ4n) is 3.67. The first-order valence-electron chi connectivity index (χ1n) is 7.25. The van der Waals surface area contributed by atoms with Crippen molar-refractivity contribution in [2.45, 2.75) is 44.7 Å². The van der Waals surface area contributed by atoms with Crippen LogP contribution in [0, 0.1) is 0 Å². The Labute approximate surface area is 115 Å². The van der Waals surface area contributed by atoms with Crippen molar-refractivity contribution in [1.29, 1.82) is 0 Å². The monoisotopic (exact) mass is 261 g/mol. The highest BCUT2D eigenvalue weighted by molar-refractivity contribution is 5.49. The summed E-state index contributed by atoms with van der Waals surface area (Å²) >= 11 is 0. The smallest absolute Gasteiger partial charge is 0.161 e. The Morgan fingerprint density at radius 2 is 1.84 bits per heavy atom. The lowest BCUT2D eigenvalue weighted by Crippen LogP contribution is -2.44. The summed E-state index contributed by atoms with van der Waals surface area (Å²) in [5.41, 5.74) is 2.89. The topological polar surface area (TPSA) is 21.7 Å². The summed E-state index contributed by atoms with van der Waals surface area (Å²) in [4.78, 5) is 2.66. The molecule has 1 fully saturated rings. The molecule has 0 N–H and O–H groups in total. The number of ether oxygens (including phenoxy) is 2. The van der Waals surface area contributed by atoms with Crippen molar-refractivity contribution in [2.24, 2.45) is 0 Å². The molecule has 0 spiro atoms. The average molecular weight is 261 g/mol. The maximum absolute atomic E-state index is 5.47. The normalized spacial score (nSPS) is 26.5. The van der Waals surface area contributed by atoms with E-state index >= 15 is 0 Å². The molecule has 2 aliphatic rings. The highest BCUT2D eigenvalue weighted by Gasteiger charge is 2.34. The van der Waals surface area contributed by atoms with Gasteiger partial charge in [-0.05, 0) is 49.4 Å². The minimum Gasteiger partial charge on any atom is -0.493 e. The van der Waals surface area contributed by atoms with Crippen LogP contribution in [-0.2, 0) is 6.42 Å². The van der Waals surface area contributed by atoms with Gasteiger partial charge in [0.25, 0.3) is 0 Å². The number of rotatable bonds is 2. The molecule has 104 valence electrons. The molecule has 3 heteroatoms. The van der Waals surface area contributed by atoms with Crippen molar-refractivity contribution in [2.75, 3.05) is 20.8 Å². The molecule has 2 aliphatic heterocycles. The van der Waals surface area contributed by atoms with E-state index in [0.29, 0.717) is 12.1 Å². The van der Waals surface area contributed by atoms with Crippen LogP contribution in [0.1, 0.15) is 43.4 Å². The fourth-order valence-corrected chi connectivity index (χ4v) is 3.67. The van der Waals surface area contributed by atoms with Gasteiger partial charge in [-0.2, -0.15) is 0 Å². The lowest BCUT2D eigenvalue weighted by atomic mass is 9.84. The Hall–Kier alpha value is -1.22. The van der Waals surface area contributed by atoms with Gasteiger partial charge in [0, 0.05) is 18.6 Å². The van der Waals surface area contributed by atoms with Crippen LogP contribution in [0.2, 0.25) is 0 Å². The van der Waals surface area contributed by atoms with E-state index in [9.17, 15) is 0 Å². The molecule has 2 atom stereocenters. The molecule has 0 amide bonds. The van der Waals surface area contributed by atoms with Crippen molar-refractivity contribution in [3.8, 4) is 11.5 Å². The molecule has 1 aromatic carbocycles. The molecule has 0 aliphatic carbocycles. The van der Waals surface area contributed by atoms with Crippen LogP contribution < -0.4 is 9.47 Å². The van der Waals surface area contributed by atoms with Gasteiger partial charge in [0.2, 0.25) is 0 Å². The first-order valence-corrected chi connectivity index (χ1v) is 7.25. The summed E-state index contributed by atoms with van der Waals surface area (Å²) in [5.74, 6) is 1.72. The van der Waals surface area contributed by atoms with Crippen molar-refractivity contribution < 1.29 is 9.47 Å². The zero-order chi connectivity index (χ0) is 13.4. The van der Waals surface area contributed by atoms with Crippen LogP contribution >= 0.6 is 0 Å². The predicted molar refractivity (Wildman–Crippen MR) is 76.0 cm³/mol. The van der Waals surface area contributed by atoms with E-state index in [1.165, 1.54) is 36.9 Å². The van der Waals surface area contributed by atoms with Gasteiger partial charge < -0.3 is 9.47 Å². The molecule has 0 saturated carbocycles. The Morgan fingerprint density at radius 3 is 2.58 bits per heavy atom. The third kappa shape index (κ3) is 2.10. The lowest BCUT2D eigenvalue weighted by molar-refractivity contribution is 0.0840. The molecule has 2 heterocycles. The number of fused-ring (bicyclic) bond motifs is 3. The summed E-state index contributed by atoms with van der Waals surface area (Å²) in [6.07, 6.45) is 5.05. The van der Waals surface area contributed by atoms with E-state index in [-0.39, 0.29) is 0 Å². The first kappa shape index (κ1) is 12.8. The Bertz CT molecular complexity index is 472. The summed E-state index contributed by atoms with van der Waals surface area (Å²) in [5, 5.41) is 0. The van der Waals surface area contributed by atoms with Crippen LogP contribution in [0.3, 0.4) is 0 Å². The predicted octanol–water partition coefficient (Wildman–Crippen LogP) is 3.18. The van der Waals surface area contributed by atoms with Gasteiger partial charge in [0.15, 0.2) is 11.5 Å². The Balaban J connectivity index is 2.02. The SMILES string of the molecule is COc1cc2c(cc1OC)C1CCCC(C)N1CC2. The zero-order valence-electron chi connectivity index (χ0n) is 12.1. The van der Waals surface area contributed by atoms with Gasteiger partial charge in [-0.25, -0.2) is 0 Å². The van der Waals surface area contributed by atoms with Crippen LogP contribution in [-0.4, -0.2) is 31.7 Å². The second-order valence-electron chi connectivity index (χ2n) is 5.69. The standard InChI is InChI=1S/C16H23NO2/c1-11-5-4-6-14-13-10-16(19-3)15(18-2)9-12(13)7-8-17(11)14/h9-11,14H,4-8H2,1-3H3. The molecule has 1 saturated heterocycles. The van der Waals surface area contributed by atoms with Crippen molar-refractivity contribution in [3.63, 3.8) is 0 Å². The maximum atomic E-state index is 5.47. The molecular formula is C16H23NO2. The van der Waals surface area contributed by atoms with Crippen molar-refractivity contribution in [3.05, 3.63) is 23.3 Å². The molecule has 0 bridgehead atoms. The highest BCUT2D eigenvalue weighted by Crippen LogP contribution is 2.43. The summed E-state index contributed by atoms with van der Waals surface area (Å²) in [6.45, 7) is 3.53. The van der Waals surface area contributed by atoms with Gasteiger partial charge in [-0.15, -0.1) is 0 Å². The first-order chi connectivity index (χ1) is 9.24. The largest absolute Gasteiger partial charge is 0.493 e. The number of benzene rings is 1. The number of hydrogen-bond acceptors (Lipinski definition) is 3. The molecule has 2 unspecified atom stereocenters. The average Bonchev–Trinajstić information content (AvgIpc) is 2.45. The van der Waals surface area contributed by atoms with Crippen LogP contribution in [0.4, 0.5) is 0 Å². The minimum atomic E-state index is 0.576. The summed E-state index contributed by atoms with van der Waals surface area (Å²) in [7, 11) is 3.43. The quantitative estimate of drug-likeness (QED) is 0.816. The third-order valence-electron chi connectivity index (χ3n) is 4.71. The highest BCUT2D eigenvalue weighted by atomic mass is 16.5. The van der Waals surface area contributed by atoms with Crippen LogP contribution in [0.25, 0.3) is 0 Å². The summed E-state index contributed by atoms with van der Waals surface area (Å²) < 4.78 is 10.9. The zero-order valence-corrected chi connectivity index (χ0v) is 12.1. The van der Waals surface area contributed by atoms with E-state index in [4.69, 9.17) is 9.47 Å². The van der Waals surface area contributed by atoms with Crippen LogP contribution in [0.5, 0.6) is 11.5 Å². The third-order valence-corrected chi connectivity index (χ3v) is 4.71. The lowest BCUT2D eigenvalue weighted by Gasteiger charge is -2.44. The number of piperidine rings is 1. The molecule has 0 aromatic heterocycles. The van der Waals surface area contributed by atoms with Crippen molar-refractivity contribution in [1.82, 2.24) is 4.90 Å². The molecule has 19 heavy (non-hydrogen) atoms. The molecular weight excluding hydrogens is 238 g/mol. The van der Waals surface area contributed by atoms with Crippen LogP contribution in [0.15, 0.2) is 12.1 Å². The fraction of sp³-hybridized carbons (Fsp3) is 0.625. The van der Waals surface area contributed by atoms with Gasteiger partial charge in [-0.1, -0.05) is 6.42 Å². The van der Waals surface area contributed by atoms with E-state index < -0.39 is 0 Å². The van der Waals surface area contributed by atoms with E-state index in [0.717, 1.165) is 17.9 Å². The van der Waals surface area contributed by atoms with E-state index in [1.54, 1.807) is 14.2 Å². The number of hydrogen-bond donors (Lipinski definition) is 0. The minimum absolute atomic E-state index is 0.576. The van der Waals surface area contributed by atoms with Gasteiger partial charge >= 0.3 is 0 Å². The Morgan fingerprint density at radius 1 is 1.11 bits per heavy atom. The summed E-state index contributed by atoms with van der Waals surface area (Å²) in [6, 6.07) is 5.65. The molecule has 3 rings (SSSR count).